The number of carbonyl (C=O) groups excluding carboxylic acids is 1. The van der Waals surface area contributed by atoms with E-state index in [1.54, 1.807) is 6.07 Å². The summed E-state index contributed by atoms with van der Waals surface area (Å²) in [5.74, 6) is 0.291. The molecule has 0 amide bonds. The number of esters is 1. The first kappa shape index (κ1) is 20.5. The highest BCUT2D eigenvalue weighted by atomic mass is 16.5. The number of rotatable bonds is 9. The second-order valence-electron chi connectivity index (χ2n) is 6.70. The van der Waals surface area contributed by atoms with Crippen LogP contribution in [0.15, 0.2) is 55.1 Å². The molecule has 0 saturated carbocycles. The van der Waals surface area contributed by atoms with Crippen molar-refractivity contribution in [2.75, 3.05) is 0 Å². The predicted molar refractivity (Wildman–Crippen MR) is 109 cm³/mol. The van der Waals surface area contributed by atoms with Gasteiger partial charge in [0.25, 0.3) is 0 Å². The average molecular weight is 361 g/mol. The topological polar surface area (TPSA) is 50.1 Å². The number of hydrogen-bond donors (Lipinski definition) is 0. The molecule has 0 aromatic heterocycles. The van der Waals surface area contributed by atoms with Crippen LogP contribution in [0.3, 0.4) is 0 Å². The molecule has 0 aliphatic rings. The maximum Gasteiger partial charge on any atom is 0.335 e. The average Bonchev–Trinajstić information content (AvgIpc) is 2.71. The first-order valence-electron chi connectivity index (χ1n) is 9.60. The van der Waals surface area contributed by atoms with E-state index >= 15 is 0 Å². The molecule has 3 nitrogen and oxygen atoms in total. The Balaban J connectivity index is 2.54. The van der Waals surface area contributed by atoms with Gasteiger partial charge in [-0.25, -0.2) is 4.79 Å². The Kier molecular flexibility index (Phi) is 7.82. The minimum absolute atomic E-state index is 0.284. The van der Waals surface area contributed by atoms with Crippen LogP contribution in [0.4, 0.5) is 0 Å². The maximum absolute atomic E-state index is 11.7. The Morgan fingerprint density at radius 2 is 1.96 bits per heavy atom. The van der Waals surface area contributed by atoms with Crippen molar-refractivity contribution in [3.8, 4) is 22.9 Å². The van der Waals surface area contributed by atoms with Crippen molar-refractivity contribution in [2.45, 2.75) is 46.0 Å². The lowest BCUT2D eigenvalue weighted by molar-refractivity contribution is -0.128. The van der Waals surface area contributed by atoms with Crippen LogP contribution < -0.4 is 4.74 Å². The second kappa shape index (κ2) is 10.3. The molecule has 0 bridgehead atoms. The van der Waals surface area contributed by atoms with Gasteiger partial charge in [-0.2, -0.15) is 5.26 Å². The number of ether oxygens (including phenoxy) is 1. The molecule has 0 spiro atoms. The van der Waals surface area contributed by atoms with Crippen molar-refractivity contribution in [1.82, 2.24) is 0 Å². The van der Waals surface area contributed by atoms with Crippen molar-refractivity contribution < 1.29 is 9.53 Å². The highest BCUT2D eigenvalue weighted by molar-refractivity contribution is 5.85. The third-order valence-electron chi connectivity index (χ3n) is 4.86. The third kappa shape index (κ3) is 5.31. The molecule has 2 rings (SSSR count). The number of hydrogen-bond acceptors (Lipinski definition) is 3. The summed E-state index contributed by atoms with van der Waals surface area (Å²) in [6, 6.07) is 15.8. The van der Waals surface area contributed by atoms with Crippen molar-refractivity contribution in [3.63, 3.8) is 0 Å². The Morgan fingerprint density at radius 3 is 2.56 bits per heavy atom. The molecule has 1 atom stereocenters. The Morgan fingerprint density at radius 1 is 1.22 bits per heavy atom. The van der Waals surface area contributed by atoms with Crippen molar-refractivity contribution >= 4 is 5.97 Å². The third-order valence-corrected chi connectivity index (χ3v) is 4.86. The molecule has 0 heterocycles. The minimum atomic E-state index is -0.562. The molecule has 3 heteroatoms. The van der Waals surface area contributed by atoms with Crippen molar-refractivity contribution in [1.29, 1.82) is 5.26 Å². The summed E-state index contributed by atoms with van der Waals surface area (Å²) in [4.78, 5) is 11.7. The Bertz CT molecular complexity index is 818. The largest absolute Gasteiger partial charge is 0.422 e. The molecule has 27 heavy (non-hydrogen) atoms. The zero-order chi connectivity index (χ0) is 19.6. The summed E-state index contributed by atoms with van der Waals surface area (Å²) in [7, 11) is 0. The maximum atomic E-state index is 11.7. The monoisotopic (exact) mass is 361 g/mol. The van der Waals surface area contributed by atoms with Crippen molar-refractivity contribution in [2.24, 2.45) is 5.92 Å². The quantitative estimate of drug-likeness (QED) is 0.309. The summed E-state index contributed by atoms with van der Waals surface area (Å²) < 4.78 is 5.32. The van der Waals surface area contributed by atoms with Crippen LogP contribution in [0.5, 0.6) is 5.75 Å². The predicted octanol–water partition coefficient (Wildman–Crippen LogP) is 6.08. The van der Waals surface area contributed by atoms with E-state index in [9.17, 15) is 10.1 Å². The highest BCUT2D eigenvalue weighted by Gasteiger charge is 2.19. The van der Waals surface area contributed by atoms with Gasteiger partial charge in [-0.1, -0.05) is 82.5 Å². The lowest BCUT2D eigenvalue weighted by Crippen LogP contribution is -2.09. The zero-order valence-corrected chi connectivity index (χ0v) is 16.2. The molecule has 1 unspecified atom stereocenters. The van der Waals surface area contributed by atoms with E-state index in [-0.39, 0.29) is 5.75 Å². The van der Waals surface area contributed by atoms with Gasteiger partial charge in [-0.15, -0.1) is 0 Å². The van der Waals surface area contributed by atoms with E-state index in [0.717, 1.165) is 35.6 Å². The molecule has 0 saturated heterocycles. The van der Waals surface area contributed by atoms with E-state index in [1.807, 2.05) is 36.4 Å². The van der Waals surface area contributed by atoms with Gasteiger partial charge in [0, 0.05) is 11.6 Å². The first-order valence-corrected chi connectivity index (χ1v) is 9.60. The molecule has 140 valence electrons. The van der Waals surface area contributed by atoms with E-state index in [0.29, 0.717) is 11.5 Å². The van der Waals surface area contributed by atoms with Crippen LogP contribution in [0.1, 0.15) is 50.7 Å². The van der Waals surface area contributed by atoms with Crippen LogP contribution in [-0.2, 0) is 11.2 Å². The van der Waals surface area contributed by atoms with Gasteiger partial charge >= 0.3 is 5.97 Å². The van der Waals surface area contributed by atoms with Crippen LogP contribution in [0.25, 0.3) is 11.1 Å². The molecular weight excluding hydrogens is 334 g/mol. The van der Waals surface area contributed by atoms with Crippen LogP contribution in [0, 0.1) is 17.2 Å². The van der Waals surface area contributed by atoms with E-state index in [2.05, 4.69) is 26.5 Å². The second-order valence-corrected chi connectivity index (χ2v) is 6.70. The number of unbranched alkanes of at least 4 members (excludes halogenated alkanes) is 1. The van der Waals surface area contributed by atoms with Gasteiger partial charge < -0.3 is 4.74 Å². The summed E-state index contributed by atoms with van der Waals surface area (Å²) in [6.07, 6.45) is 6.68. The summed E-state index contributed by atoms with van der Waals surface area (Å²) in [5.41, 5.74) is 3.35. The molecule has 0 aliphatic carbocycles. The lowest BCUT2D eigenvalue weighted by atomic mass is 9.86. The summed E-state index contributed by atoms with van der Waals surface area (Å²) in [6.45, 7) is 7.86. The van der Waals surface area contributed by atoms with Gasteiger partial charge in [0.05, 0.1) is 0 Å². The number of nitrogens with zero attached hydrogens (tertiary/aromatic N) is 1. The molecule has 2 aromatic rings. The molecular formula is C24H27NO2. The van der Waals surface area contributed by atoms with E-state index < -0.39 is 5.97 Å². The highest BCUT2D eigenvalue weighted by Crippen LogP contribution is 2.36. The Labute approximate surface area is 162 Å². The summed E-state index contributed by atoms with van der Waals surface area (Å²) >= 11 is 0. The normalized spacial score (nSPS) is 11.4. The Hall–Kier alpha value is -2.86. The number of nitriles is 1. The SMILES string of the molecule is C=CC(=O)Oc1ccc(CC(CC)CCCC)c(-c2ccccc2)c1C#N. The van der Waals surface area contributed by atoms with Crippen LogP contribution in [0.2, 0.25) is 0 Å². The smallest absolute Gasteiger partial charge is 0.335 e. The minimum Gasteiger partial charge on any atom is -0.422 e. The van der Waals surface area contributed by atoms with Gasteiger partial charge in [0.1, 0.15) is 17.4 Å². The fourth-order valence-corrected chi connectivity index (χ4v) is 3.33. The fraction of sp³-hybridized carbons (Fsp3) is 0.333. The summed E-state index contributed by atoms with van der Waals surface area (Å²) in [5, 5.41) is 9.84. The van der Waals surface area contributed by atoms with Gasteiger partial charge in [-0.3, -0.25) is 0 Å². The fourth-order valence-electron chi connectivity index (χ4n) is 3.33. The van der Waals surface area contributed by atoms with Crippen LogP contribution in [-0.4, -0.2) is 5.97 Å². The zero-order valence-electron chi connectivity index (χ0n) is 16.2. The molecule has 0 radical (unpaired) electrons. The molecule has 0 fully saturated rings. The molecule has 0 N–H and O–H groups in total. The lowest BCUT2D eigenvalue weighted by Gasteiger charge is -2.19. The van der Waals surface area contributed by atoms with E-state index in [4.69, 9.17) is 4.74 Å². The van der Waals surface area contributed by atoms with Gasteiger partial charge in [-0.05, 0) is 29.5 Å². The number of carbonyl (C=O) groups is 1. The first-order chi connectivity index (χ1) is 13.1. The molecule has 2 aromatic carbocycles. The standard InChI is InChI=1S/C24H27NO2/c1-4-7-11-18(5-2)16-20-14-15-22(27-23(26)6-3)21(17-25)24(20)19-12-9-8-10-13-19/h6,8-10,12-15,18H,3-5,7,11,16H2,1-2H3. The van der Waals surface area contributed by atoms with Gasteiger partial charge in [0.15, 0.2) is 0 Å². The van der Waals surface area contributed by atoms with Gasteiger partial charge in [0.2, 0.25) is 0 Å². The van der Waals surface area contributed by atoms with Crippen LogP contribution >= 0.6 is 0 Å². The number of benzene rings is 2. The molecule has 0 aliphatic heterocycles. The van der Waals surface area contributed by atoms with E-state index in [1.165, 1.54) is 19.3 Å². The van der Waals surface area contributed by atoms with Crippen molar-refractivity contribution in [3.05, 3.63) is 66.2 Å².